The lowest BCUT2D eigenvalue weighted by atomic mass is 9.91. The molecule has 134 valence electrons. The molecule has 24 heavy (non-hydrogen) atoms. The van der Waals surface area contributed by atoms with Crippen molar-refractivity contribution >= 4 is 17.6 Å². The second kappa shape index (κ2) is 7.31. The number of methoxy groups -OCH3 is 1. The van der Waals surface area contributed by atoms with Gasteiger partial charge in [-0.3, -0.25) is 9.48 Å². The normalized spacial score (nSPS) is 17.3. The van der Waals surface area contributed by atoms with E-state index in [2.05, 4.69) is 15.7 Å². The van der Waals surface area contributed by atoms with E-state index in [0.717, 1.165) is 13.1 Å². The van der Waals surface area contributed by atoms with Gasteiger partial charge in [-0.1, -0.05) is 0 Å². The van der Waals surface area contributed by atoms with E-state index < -0.39 is 11.1 Å². The first-order valence-electron chi connectivity index (χ1n) is 8.15. The van der Waals surface area contributed by atoms with Crippen molar-refractivity contribution in [3.63, 3.8) is 0 Å². The summed E-state index contributed by atoms with van der Waals surface area (Å²) in [6, 6.07) is 0. The van der Waals surface area contributed by atoms with Crippen molar-refractivity contribution in [3.05, 3.63) is 12.4 Å². The molecule has 0 spiro atoms. The van der Waals surface area contributed by atoms with Crippen LogP contribution in [-0.2, 0) is 24.6 Å². The van der Waals surface area contributed by atoms with Crippen LogP contribution in [0, 0.1) is 0 Å². The molecular formula is C16H26N4O4. The average Bonchev–Trinajstić information content (AvgIpc) is 3.05. The first-order valence-corrected chi connectivity index (χ1v) is 8.15. The molecule has 1 saturated heterocycles. The fourth-order valence-electron chi connectivity index (χ4n) is 2.69. The van der Waals surface area contributed by atoms with Gasteiger partial charge in [-0.2, -0.15) is 5.10 Å². The molecule has 8 nitrogen and oxygen atoms in total. The van der Waals surface area contributed by atoms with E-state index in [4.69, 9.17) is 9.47 Å². The zero-order valence-corrected chi connectivity index (χ0v) is 14.7. The highest BCUT2D eigenvalue weighted by atomic mass is 16.5. The summed E-state index contributed by atoms with van der Waals surface area (Å²) in [5.74, 6) is -0.572. The molecule has 0 aliphatic carbocycles. The molecule has 0 unspecified atom stereocenters. The standard InChI is InChI=1S/C16H26N4O4/c1-5-24-14(22)15(2,3)20-11-12(10-18-20)19-13(21)16(23-4)6-8-17-9-7-16/h10-11,17H,5-9H2,1-4H3,(H,19,21). The fourth-order valence-corrected chi connectivity index (χ4v) is 2.69. The Balaban J connectivity index is 2.10. The van der Waals surface area contributed by atoms with Gasteiger partial charge in [-0.15, -0.1) is 0 Å². The summed E-state index contributed by atoms with van der Waals surface area (Å²) in [4.78, 5) is 24.7. The summed E-state index contributed by atoms with van der Waals surface area (Å²) in [7, 11) is 1.55. The number of piperidine rings is 1. The van der Waals surface area contributed by atoms with E-state index >= 15 is 0 Å². The molecule has 2 rings (SSSR count). The Hall–Kier alpha value is -1.93. The van der Waals surface area contributed by atoms with E-state index in [1.54, 1.807) is 34.1 Å². The molecule has 1 aliphatic rings. The number of nitrogens with zero attached hydrogens (tertiary/aromatic N) is 2. The van der Waals surface area contributed by atoms with E-state index in [1.165, 1.54) is 10.9 Å². The average molecular weight is 338 g/mol. The minimum atomic E-state index is -0.952. The van der Waals surface area contributed by atoms with Gasteiger partial charge in [-0.05, 0) is 46.7 Å². The summed E-state index contributed by atoms with van der Waals surface area (Å²) in [5, 5.41) is 10.2. The van der Waals surface area contributed by atoms with Gasteiger partial charge in [0.05, 0.1) is 18.5 Å². The zero-order valence-electron chi connectivity index (χ0n) is 14.7. The molecule has 1 fully saturated rings. The van der Waals surface area contributed by atoms with E-state index in [9.17, 15) is 9.59 Å². The third kappa shape index (κ3) is 3.59. The molecule has 2 heterocycles. The van der Waals surface area contributed by atoms with Crippen LogP contribution in [0.15, 0.2) is 12.4 Å². The number of hydrogen-bond acceptors (Lipinski definition) is 6. The molecule has 0 bridgehead atoms. The third-order valence-corrected chi connectivity index (χ3v) is 4.40. The molecular weight excluding hydrogens is 312 g/mol. The molecule has 1 aromatic rings. The highest BCUT2D eigenvalue weighted by molar-refractivity contribution is 5.97. The molecule has 1 aromatic heterocycles. The quantitative estimate of drug-likeness (QED) is 0.748. The van der Waals surface area contributed by atoms with Gasteiger partial charge < -0.3 is 20.1 Å². The summed E-state index contributed by atoms with van der Waals surface area (Å²) in [6.07, 6.45) is 4.36. The van der Waals surface area contributed by atoms with Gasteiger partial charge in [-0.25, -0.2) is 4.79 Å². The molecule has 0 aromatic carbocycles. The van der Waals surface area contributed by atoms with Crippen LogP contribution in [0.1, 0.15) is 33.6 Å². The summed E-state index contributed by atoms with van der Waals surface area (Å²) < 4.78 is 12.1. The summed E-state index contributed by atoms with van der Waals surface area (Å²) in [6.45, 7) is 6.95. The van der Waals surface area contributed by atoms with Crippen molar-refractivity contribution in [1.29, 1.82) is 0 Å². The SMILES string of the molecule is CCOC(=O)C(C)(C)n1cc(NC(=O)C2(OC)CCNCC2)cn1. The minimum absolute atomic E-state index is 0.194. The topological polar surface area (TPSA) is 94.5 Å². The van der Waals surface area contributed by atoms with Crippen molar-refractivity contribution in [2.45, 2.75) is 44.8 Å². The maximum Gasteiger partial charge on any atom is 0.333 e. The largest absolute Gasteiger partial charge is 0.464 e. The van der Waals surface area contributed by atoms with Crippen molar-refractivity contribution in [1.82, 2.24) is 15.1 Å². The highest BCUT2D eigenvalue weighted by Crippen LogP contribution is 2.25. The Bertz CT molecular complexity index is 591. The third-order valence-electron chi connectivity index (χ3n) is 4.40. The van der Waals surface area contributed by atoms with Crippen molar-refractivity contribution in [2.24, 2.45) is 0 Å². The number of carbonyl (C=O) groups excluding carboxylic acids is 2. The number of amides is 1. The number of anilines is 1. The number of nitrogens with one attached hydrogen (secondary N) is 2. The van der Waals surface area contributed by atoms with Gasteiger partial charge in [0.25, 0.3) is 5.91 Å². The first kappa shape index (κ1) is 18.4. The van der Waals surface area contributed by atoms with Crippen molar-refractivity contribution in [2.75, 3.05) is 32.1 Å². The van der Waals surface area contributed by atoms with Gasteiger partial charge in [0, 0.05) is 13.3 Å². The number of aromatic nitrogens is 2. The molecule has 1 amide bonds. The van der Waals surface area contributed by atoms with Gasteiger partial charge >= 0.3 is 5.97 Å². The zero-order chi connectivity index (χ0) is 17.8. The predicted octanol–water partition coefficient (Wildman–Crippen LogP) is 0.888. The highest BCUT2D eigenvalue weighted by Gasteiger charge is 2.40. The maximum atomic E-state index is 12.6. The minimum Gasteiger partial charge on any atom is -0.464 e. The van der Waals surface area contributed by atoms with Crippen LogP contribution in [-0.4, -0.2) is 54.1 Å². The van der Waals surface area contributed by atoms with Gasteiger partial charge in [0.2, 0.25) is 0 Å². The van der Waals surface area contributed by atoms with Gasteiger partial charge in [0.15, 0.2) is 5.54 Å². The van der Waals surface area contributed by atoms with E-state index in [1.807, 2.05) is 0 Å². The fraction of sp³-hybridized carbons (Fsp3) is 0.688. The molecule has 1 aliphatic heterocycles. The second-order valence-electron chi connectivity index (χ2n) is 6.36. The molecule has 2 N–H and O–H groups in total. The summed E-state index contributed by atoms with van der Waals surface area (Å²) in [5.41, 5.74) is -1.26. The smallest absolute Gasteiger partial charge is 0.333 e. The van der Waals surface area contributed by atoms with Crippen LogP contribution in [0.4, 0.5) is 5.69 Å². The van der Waals surface area contributed by atoms with Crippen LogP contribution < -0.4 is 10.6 Å². The number of carbonyl (C=O) groups is 2. The lowest BCUT2D eigenvalue weighted by Crippen LogP contribution is -2.51. The first-order chi connectivity index (χ1) is 11.4. The lowest BCUT2D eigenvalue weighted by molar-refractivity contribution is -0.152. The number of esters is 1. The molecule has 8 heteroatoms. The molecule has 0 saturated carbocycles. The Morgan fingerprint density at radius 3 is 2.67 bits per heavy atom. The Labute approximate surface area is 141 Å². The second-order valence-corrected chi connectivity index (χ2v) is 6.36. The maximum absolute atomic E-state index is 12.6. The lowest BCUT2D eigenvalue weighted by Gasteiger charge is -2.34. The summed E-state index contributed by atoms with van der Waals surface area (Å²) >= 11 is 0. The predicted molar refractivity (Wildman–Crippen MR) is 88.7 cm³/mol. The number of ether oxygens (including phenoxy) is 2. The monoisotopic (exact) mass is 338 g/mol. The van der Waals surface area contributed by atoms with Crippen LogP contribution in [0.25, 0.3) is 0 Å². The van der Waals surface area contributed by atoms with Crippen LogP contribution in [0.5, 0.6) is 0 Å². The van der Waals surface area contributed by atoms with Crippen LogP contribution in [0.3, 0.4) is 0 Å². The number of rotatable bonds is 6. The Kier molecular flexibility index (Phi) is 5.61. The van der Waals surface area contributed by atoms with Gasteiger partial charge in [0.1, 0.15) is 5.60 Å². The van der Waals surface area contributed by atoms with E-state index in [-0.39, 0.29) is 11.9 Å². The van der Waals surface area contributed by atoms with Crippen molar-refractivity contribution in [3.8, 4) is 0 Å². The molecule has 0 atom stereocenters. The molecule has 0 radical (unpaired) electrons. The number of hydrogen-bond donors (Lipinski definition) is 2. The van der Waals surface area contributed by atoms with E-state index in [0.29, 0.717) is 25.1 Å². The van der Waals surface area contributed by atoms with Crippen molar-refractivity contribution < 1.29 is 19.1 Å². The Morgan fingerprint density at radius 1 is 1.42 bits per heavy atom. The van der Waals surface area contributed by atoms with Crippen LogP contribution in [0.2, 0.25) is 0 Å². The Morgan fingerprint density at radius 2 is 2.08 bits per heavy atom. The van der Waals surface area contributed by atoms with Crippen LogP contribution >= 0.6 is 0 Å².